The zero-order chi connectivity index (χ0) is 35.4. The number of anilines is 1. The molecule has 260 valence electrons. The van der Waals surface area contributed by atoms with Crippen molar-refractivity contribution in [2.24, 2.45) is 0 Å². The van der Waals surface area contributed by atoms with Crippen LogP contribution in [0.4, 0.5) is 5.82 Å². The van der Waals surface area contributed by atoms with Crippen molar-refractivity contribution in [3.05, 3.63) is 144 Å². The number of aliphatic hydroxyl groups is 1. The summed E-state index contributed by atoms with van der Waals surface area (Å²) in [6, 6.07) is 34.1. The normalized spacial score (nSPS) is 18.8. The van der Waals surface area contributed by atoms with E-state index in [1.165, 1.54) is 19.8 Å². The summed E-state index contributed by atoms with van der Waals surface area (Å²) >= 11 is 0. The quantitative estimate of drug-likeness (QED) is 0.161. The summed E-state index contributed by atoms with van der Waals surface area (Å²) in [7, 11) is 4.76. The Morgan fingerprint density at radius 1 is 0.804 bits per heavy atom. The molecule has 4 aromatic carbocycles. The van der Waals surface area contributed by atoms with E-state index in [1.54, 1.807) is 43.1 Å². The maximum absolute atomic E-state index is 12.9. The molecule has 4 atom stereocenters. The average Bonchev–Trinajstić information content (AvgIpc) is 3.77. The Bertz CT molecular complexity index is 2030. The molecule has 6 aromatic rings. The topological polar surface area (TPSA) is 139 Å². The van der Waals surface area contributed by atoms with Crippen molar-refractivity contribution < 1.29 is 33.6 Å². The fraction of sp³-hybridized carbons (Fsp3) is 0.231. The number of carbonyl (C=O) groups excluding carboxylic acids is 1. The largest absolute Gasteiger partial charge is 0.497 e. The highest BCUT2D eigenvalue weighted by molar-refractivity contribution is 6.06. The highest BCUT2D eigenvalue weighted by Crippen LogP contribution is 2.43. The number of methoxy groups -OCH3 is 3. The lowest BCUT2D eigenvalue weighted by Crippen LogP contribution is -2.40. The van der Waals surface area contributed by atoms with Crippen LogP contribution in [0.15, 0.2) is 122 Å². The summed E-state index contributed by atoms with van der Waals surface area (Å²) < 4.78 is 32.0. The predicted molar refractivity (Wildman–Crippen MR) is 189 cm³/mol. The van der Waals surface area contributed by atoms with Gasteiger partial charge in [-0.05, 0) is 53.1 Å². The molecule has 12 heteroatoms. The van der Waals surface area contributed by atoms with Gasteiger partial charge in [0, 0.05) is 12.7 Å². The van der Waals surface area contributed by atoms with Crippen LogP contribution in [0.3, 0.4) is 0 Å². The van der Waals surface area contributed by atoms with Gasteiger partial charge in [-0.1, -0.05) is 72.8 Å². The number of aromatic nitrogens is 4. The van der Waals surface area contributed by atoms with Crippen LogP contribution < -0.4 is 14.8 Å². The highest BCUT2D eigenvalue weighted by atomic mass is 16.6. The van der Waals surface area contributed by atoms with E-state index in [4.69, 9.17) is 23.7 Å². The Balaban J connectivity index is 1.22. The standard InChI is InChI=1S/C39H37N5O7/c1-47-29-18-14-27(15-19-29)39(26-12-8-5-9-13-26,28-16-20-30(48-2)21-17-28)50-22-31-33(45)34(49-3)38(51-31)44-24-42-32-35(40-23-41-36(32)44)43-37(46)25-10-6-4-7-11-25/h4-21,23-24,31,33-34,38,45H,22H2,1-3H3,(H,40,41,43,46). The zero-order valence-electron chi connectivity index (χ0n) is 28.2. The number of benzene rings is 4. The van der Waals surface area contributed by atoms with E-state index in [0.29, 0.717) is 28.2 Å². The minimum absolute atomic E-state index is 0.0233. The van der Waals surface area contributed by atoms with Gasteiger partial charge in [0.25, 0.3) is 5.91 Å². The molecule has 3 heterocycles. The Morgan fingerprint density at radius 3 is 1.98 bits per heavy atom. The Labute approximate surface area is 294 Å². The second-order valence-electron chi connectivity index (χ2n) is 11.9. The number of nitrogens with one attached hydrogen (secondary N) is 1. The molecule has 1 fully saturated rings. The van der Waals surface area contributed by atoms with Crippen molar-refractivity contribution >= 4 is 22.9 Å². The molecule has 0 aliphatic carbocycles. The van der Waals surface area contributed by atoms with Crippen LogP contribution >= 0.6 is 0 Å². The summed E-state index contributed by atoms with van der Waals surface area (Å²) in [5, 5.41) is 14.5. The molecule has 51 heavy (non-hydrogen) atoms. The van der Waals surface area contributed by atoms with Crippen LogP contribution in [-0.2, 0) is 19.8 Å². The first-order valence-electron chi connectivity index (χ1n) is 16.4. The first-order chi connectivity index (χ1) is 25.0. The van der Waals surface area contributed by atoms with E-state index in [2.05, 4.69) is 20.3 Å². The number of imidazole rings is 1. The molecular weight excluding hydrogens is 650 g/mol. The van der Waals surface area contributed by atoms with Crippen molar-refractivity contribution in [3.8, 4) is 11.5 Å². The predicted octanol–water partition coefficient (Wildman–Crippen LogP) is 5.38. The lowest BCUT2D eigenvalue weighted by molar-refractivity contribution is -0.0948. The minimum atomic E-state index is -1.12. The third-order valence-electron chi connectivity index (χ3n) is 9.12. The van der Waals surface area contributed by atoms with Crippen LogP contribution in [0, 0.1) is 0 Å². The molecule has 0 saturated carbocycles. The van der Waals surface area contributed by atoms with Gasteiger partial charge in [0.15, 0.2) is 23.2 Å². The van der Waals surface area contributed by atoms with E-state index >= 15 is 0 Å². The van der Waals surface area contributed by atoms with Crippen molar-refractivity contribution in [1.82, 2.24) is 19.5 Å². The van der Waals surface area contributed by atoms with Gasteiger partial charge in [-0.3, -0.25) is 9.36 Å². The number of rotatable bonds is 12. The second kappa shape index (κ2) is 14.7. The van der Waals surface area contributed by atoms with Gasteiger partial charge in [-0.25, -0.2) is 15.0 Å². The van der Waals surface area contributed by atoms with Gasteiger partial charge in [0.2, 0.25) is 0 Å². The summed E-state index contributed by atoms with van der Waals surface area (Å²) in [6.07, 6.45) is -0.668. The number of amides is 1. The van der Waals surface area contributed by atoms with Gasteiger partial charge in [0.05, 0.1) is 27.2 Å². The maximum Gasteiger partial charge on any atom is 0.256 e. The van der Waals surface area contributed by atoms with Crippen molar-refractivity contribution in [3.63, 3.8) is 0 Å². The summed E-state index contributed by atoms with van der Waals surface area (Å²) in [6.45, 7) is -0.0233. The van der Waals surface area contributed by atoms with Gasteiger partial charge < -0.3 is 34.1 Å². The Hall–Kier alpha value is -5.66. The van der Waals surface area contributed by atoms with Crippen molar-refractivity contribution in [2.45, 2.75) is 30.1 Å². The molecule has 12 nitrogen and oxygen atoms in total. The molecular formula is C39H37N5O7. The molecule has 2 aromatic heterocycles. The first kappa shape index (κ1) is 33.8. The number of hydrogen-bond donors (Lipinski definition) is 2. The SMILES string of the molecule is COc1ccc(C(OCC2OC(n3cnc4c(NC(=O)c5ccccc5)ncnc43)C(OC)C2O)(c2ccccc2)c2ccc(OC)cc2)cc1. The molecule has 7 rings (SSSR count). The van der Waals surface area contributed by atoms with Crippen molar-refractivity contribution in [1.29, 1.82) is 0 Å². The first-order valence-corrected chi connectivity index (χ1v) is 16.4. The number of fused-ring (bicyclic) bond motifs is 1. The Morgan fingerprint density at radius 2 is 1.39 bits per heavy atom. The van der Waals surface area contributed by atoms with Crippen LogP contribution in [0.5, 0.6) is 11.5 Å². The number of carbonyl (C=O) groups is 1. The molecule has 0 spiro atoms. The molecule has 0 bridgehead atoms. The highest BCUT2D eigenvalue weighted by Gasteiger charge is 2.48. The Kier molecular flexibility index (Phi) is 9.73. The molecule has 4 unspecified atom stereocenters. The van der Waals surface area contributed by atoms with Gasteiger partial charge in [0.1, 0.15) is 41.7 Å². The van der Waals surface area contributed by atoms with Crippen LogP contribution in [-0.4, -0.2) is 76.8 Å². The minimum Gasteiger partial charge on any atom is -0.497 e. The number of aliphatic hydroxyl groups excluding tert-OH is 1. The molecule has 2 N–H and O–H groups in total. The smallest absolute Gasteiger partial charge is 0.256 e. The summed E-state index contributed by atoms with van der Waals surface area (Å²) in [4.78, 5) is 26.2. The van der Waals surface area contributed by atoms with Crippen molar-refractivity contribution in [2.75, 3.05) is 33.3 Å². The third kappa shape index (κ3) is 6.41. The molecule has 0 radical (unpaired) electrons. The molecule has 1 amide bonds. The van der Waals surface area contributed by atoms with Gasteiger partial charge in [-0.2, -0.15) is 0 Å². The molecule has 1 aliphatic rings. The fourth-order valence-electron chi connectivity index (χ4n) is 6.52. The summed E-state index contributed by atoms with van der Waals surface area (Å²) in [5.41, 5.74) is 2.66. The maximum atomic E-state index is 12.9. The second-order valence-corrected chi connectivity index (χ2v) is 11.9. The monoisotopic (exact) mass is 687 g/mol. The lowest BCUT2D eigenvalue weighted by atomic mass is 9.80. The van der Waals surface area contributed by atoms with E-state index in [1.807, 2.05) is 84.9 Å². The van der Waals surface area contributed by atoms with E-state index in [9.17, 15) is 9.90 Å². The van der Waals surface area contributed by atoms with Crippen LogP contribution in [0.2, 0.25) is 0 Å². The van der Waals surface area contributed by atoms with E-state index < -0.39 is 30.1 Å². The molecule has 1 aliphatic heterocycles. The number of hydrogen-bond acceptors (Lipinski definition) is 10. The summed E-state index contributed by atoms with van der Waals surface area (Å²) in [5.74, 6) is 1.32. The average molecular weight is 688 g/mol. The van der Waals surface area contributed by atoms with Crippen LogP contribution in [0.25, 0.3) is 11.2 Å². The fourth-order valence-corrected chi connectivity index (χ4v) is 6.52. The third-order valence-corrected chi connectivity index (χ3v) is 9.12. The van der Waals surface area contributed by atoms with E-state index in [0.717, 1.165) is 16.7 Å². The van der Waals surface area contributed by atoms with Crippen LogP contribution in [0.1, 0.15) is 33.3 Å². The van der Waals surface area contributed by atoms with Gasteiger partial charge >= 0.3 is 0 Å². The zero-order valence-corrected chi connectivity index (χ0v) is 28.2. The number of ether oxygens (including phenoxy) is 5. The number of nitrogens with zero attached hydrogens (tertiary/aromatic N) is 4. The lowest BCUT2D eigenvalue weighted by Gasteiger charge is -2.37. The van der Waals surface area contributed by atoms with E-state index in [-0.39, 0.29) is 18.3 Å². The van der Waals surface area contributed by atoms with Gasteiger partial charge in [-0.15, -0.1) is 0 Å². The molecule has 1 saturated heterocycles.